The first-order valence-electron chi connectivity index (χ1n) is 11.9. The van der Waals surface area contributed by atoms with Gasteiger partial charge in [0, 0.05) is 32.4 Å². The molecule has 0 aromatic carbocycles. The molecule has 1 amide bonds. The van der Waals surface area contributed by atoms with E-state index in [1.165, 1.54) is 0 Å². The fourth-order valence-electron chi connectivity index (χ4n) is 4.11. The molecule has 0 radical (unpaired) electrons. The van der Waals surface area contributed by atoms with E-state index in [1.54, 1.807) is 12.3 Å². The van der Waals surface area contributed by atoms with Crippen molar-refractivity contribution in [1.29, 1.82) is 0 Å². The monoisotopic (exact) mass is 579 g/mol. The van der Waals surface area contributed by atoms with Crippen LogP contribution in [0.3, 0.4) is 0 Å². The van der Waals surface area contributed by atoms with E-state index in [2.05, 4.69) is 26.1 Å². The predicted molar refractivity (Wildman–Crippen MR) is 127 cm³/mol. The fraction of sp³-hybridized carbons (Fsp3) is 0.500. The van der Waals surface area contributed by atoms with Gasteiger partial charge in [0.1, 0.15) is 5.69 Å². The van der Waals surface area contributed by atoms with Crippen molar-refractivity contribution in [1.82, 2.24) is 20.1 Å². The number of alkyl halides is 6. The van der Waals surface area contributed by atoms with Gasteiger partial charge in [-0.05, 0) is 62.3 Å². The molecule has 0 unspecified atom stereocenters. The summed E-state index contributed by atoms with van der Waals surface area (Å²) in [5.74, 6) is -4.47. The molecule has 2 aromatic rings. The highest BCUT2D eigenvalue weighted by Gasteiger charge is 2.40. The number of likely N-dealkylation sites (tertiary alicyclic amines) is 1. The zero-order valence-corrected chi connectivity index (χ0v) is 21.2. The Morgan fingerprint density at radius 1 is 0.800 bits per heavy atom. The first kappa shape index (κ1) is 32.2. The molecule has 0 aliphatic carbocycles. The summed E-state index contributed by atoms with van der Waals surface area (Å²) in [7, 11) is 0. The van der Waals surface area contributed by atoms with Gasteiger partial charge >= 0.3 is 24.3 Å². The number of aryl methyl sites for hydroxylation is 1. The Bertz CT molecular complexity index is 1100. The van der Waals surface area contributed by atoms with Crippen LogP contribution in [0.15, 0.2) is 36.5 Å². The summed E-state index contributed by atoms with van der Waals surface area (Å²) < 4.78 is 63.5. The molecule has 40 heavy (non-hydrogen) atoms. The number of aromatic nitrogens is 3. The lowest BCUT2D eigenvalue weighted by Gasteiger charge is -2.47. The van der Waals surface area contributed by atoms with Gasteiger partial charge in [-0.1, -0.05) is 6.07 Å². The number of pyridine rings is 1. The Hall–Kier alpha value is -3.98. The third kappa shape index (κ3) is 9.64. The molecule has 16 heteroatoms. The van der Waals surface area contributed by atoms with Crippen LogP contribution in [0, 0.1) is 12.3 Å². The maximum atomic E-state index is 12.6. The minimum absolute atomic E-state index is 0.0628. The highest BCUT2D eigenvalue weighted by Crippen LogP contribution is 2.42. The number of hydrogen-bond donors (Lipinski definition) is 2. The van der Waals surface area contributed by atoms with Gasteiger partial charge < -0.3 is 20.0 Å². The summed E-state index contributed by atoms with van der Waals surface area (Å²) in [4.78, 5) is 38.9. The summed E-state index contributed by atoms with van der Waals surface area (Å²) in [6.45, 7) is 5.67. The van der Waals surface area contributed by atoms with E-state index in [0.717, 1.165) is 63.4 Å². The Balaban J connectivity index is 0.000000333. The van der Waals surface area contributed by atoms with Crippen molar-refractivity contribution in [3.05, 3.63) is 47.9 Å². The Kier molecular flexibility index (Phi) is 10.8. The number of rotatable bonds is 2. The third-order valence-electron chi connectivity index (χ3n) is 6.41. The SMILES string of the molecule is Cc1ccc(N2CCC3(CCN(C(=O)c4ccccn4)CC3)CC2)nn1.O=C(O)C(F)(F)F.O=C(O)C(F)(F)F. The maximum absolute atomic E-state index is 12.6. The molecule has 4 heterocycles. The van der Waals surface area contributed by atoms with Crippen LogP contribution in [-0.2, 0) is 9.59 Å². The third-order valence-corrected chi connectivity index (χ3v) is 6.41. The smallest absolute Gasteiger partial charge is 0.475 e. The average Bonchev–Trinajstić information content (AvgIpc) is 2.90. The number of halogens is 6. The van der Waals surface area contributed by atoms with Gasteiger partial charge in [-0.25, -0.2) is 9.59 Å². The van der Waals surface area contributed by atoms with Crippen LogP contribution in [0.25, 0.3) is 0 Å². The number of carbonyl (C=O) groups is 3. The Morgan fingerprint density at radius 3 is 1.70 bits per heavy atom. The number of carboxylic acids is 2. The van der Waals surface area contributed by atoms with Gasteiger partial charge in [-0.2, -0.15) is 31.4 Å². The molecule has 2 aliphatic heterocycles. The van der Waals surface area contributed by atoms with E-state index < -0.39 is 24.3 Å². The summed E-state index contributed by atoms with van der Waals surface area (Å²) in [5.41, 5.74) is 1.87. The first-order chi connectivity index (χ1) is 18.5. The quantitative estimate of drug-likeness (QED) is 0.507. The summed E-state index contributed by atoms with van der Waals surface area (Å²) in [6.07, 6.45) is -4.00. The van der Waals surface area contributed by atoms with Crippen LogP contribution in [0.5, 0.6) is 0 Å². The van der Waals surface area contributed by atoms with Crippen LogP contribution in [0.1, 0.15) is 41.9 Å². The summed E-state index contributed by atoms with van der Waals surface area (Å²) in [5, 5.41) is 22.7. The van der Waals surface area contributed by atoms with Gasteiger partial charge in [0.25, 0.3) is 5.91 Å². The summed E-state index contributed by atoms with van der Waals surface area (Å²) >= 11 is 0. The van der Waals surface area contributed by atoms with Crippen LogP contribution in [0.2, 0.25) is 0 Å². The molecule has 0 saturated carbocycles. The van der Waals surface area contributed by atoms with Crippen LogP contribution >= 0.6 is 0 Å². The van der Waals surface area contributed by atoms with E-state index in [0.29, 0.717) is 11.1 Å². The van der Waals surface area contributed by atoms with Crippen molar-refractivity contribution >= 4 is 23.7 Å². The maximum Gasteiger partial charge on any atom is 0.490 e. The minimum Gasteiger partial charge on any atom is -0.475 e. The normalized spacial score (nSPS) is 16.7. The standard InChI is InChI=1S/C20H25N5O.2C2HF3O2/c1-16-5-6-18(23-22-16)24-12-7-20(8-13-24)9-14-25(15-10-20)19(26)17-4-2-3-11-21-17;2*3-2(4,5)1(6)7/h2-6,11H,7-10,12-15H2,1H3;2*(H,6,7). The zero-order valence-electron chi connectivity index (χ0n) is 21.2. The molecule has 2 aromatic heterocycles. The zero-order chi connectivity index (χ0) is 30.1. The van der Waals surface area contributed by atoms with Crippen molar-refractivity contribution in [3.8, 4) is 0 Å². The topological polar surface area (TPSA) is 137 Å². The molecule has 2 fully saturated rings. The molecular formula is C24H27F6N5O5. The number of amides is 1. The van der Waals surface area contributed by atoms with Gasteiger partial charge in [0.05, 0.1) is 5.69 Å². The fourth-order valence-corrected chi connectivity index (χ4v) is 4.11. The molecule has 1 spiro atoms. The lowest BCUT2D eigenvalue weighted by molar-refractivity contribution is -0.193. The molecule has 10 nitrogen and oxygen atoms in total. The van der Waals surface area contributed by atoms with E-state index in [9.17, 15) is 31.1 Å². The number of hydrogen-bond acceptors (Lipinski definition) is 7. The molecular weight excluding hydrogens is 552 g/mol. The molecule has 2 saturated heterocycles. The lowest BCUT2D eigenvalue weighted by Crippen LogP contribution is -2.48. The van der Waals surface area contributed by atoms with Crippen molar-refractivity contribution in [2.45, 2.75) is 45.0 Å². The molecule has 2 N–H and O–H groups in total. The average molecular weight is 579 g/mol. The van der Waals surface area contributed by atoms with Crippen LogP contribution < -0.4 is 4.90 Å². The number of carbonyl (C=O) groups excluding carboxylic acids is 1. The Labute approximate surface area is 224 Å². The van der Waals surface area contributed by atoms with E-state index >= 15 is 0 Å². The first-order valence-corrected chi connectivity index (χ1v) is 11.9. The minimum atomic E-state index is -5.08. The molecule has 0 atom stereocenters. The Morgan fingerprint density at radius 2 is 1.30 bits per heavy atom. The van der Waals surface area contributed by atoms with E-state index in [4.69, 9.17) is 19.8 Å². The van der Waals surface area contributed by atoms with Crippen molar-refractivity contribution in [3.63, 3.8) is 0 Å². The van der Waals surface area contributed by atoms with E-state index in [-0.39, 0.29) is 5.91 Å². The second kappa shape index (κ2) is 13.4. The van der Waals surface area contributed by atoms with Crippen LogP contribution in [-0.4, -0.2) is 86.7 Å². The second-order valence-electron chi connectivity index (χ2n) is 9.13. The van der Waals surface area contributed by atoms with Crippen molar-refractivity contribution < 1.29 is 50.9 Å². The summed E-state index contributed by atoms with van der Waals surface area (Å²) in [6, 6.07) is 9.60. The highest BCUT2D eigenvalue weighted by atomic mass is 19.4. The van der Waals surface area contributed by atoms with E-state index in [1.807, 2.05) is 30.0 Å². The molecule has 2 aliphatic rings. The van der Waals surface area contributed by atoms with Gasteiger partial charge in [-0.3, -0.25) is 9.78 Å². The van der Waals surface area contributed by atoms with Crippen molar-refractivity contribution in [2.75, 3.05) is 31.1 Å². The van der Waals surface area contributed by atoms with Crippen LogP contribution in [0.4, 0.5) is 32.2 Å². The number of aliphatic carboxylic acids is 2. The number of nitrogens with zero attached hydrogens (tertiary/aromatic N) is 5. The largest absolute Gasteiger partial charge is 0.490 e. The predicted octanol–water partition coefficient (Wildman–Crippen LogP) is 3.97. The van der Waals surface area contributed by atoms with Gasteiger partial charge in [-0.15, -0.1) is 5.10 Å². The number of piperidine rings is 2. The molecule has 4 rings (SSSR count). The van der Waals surface area contributed by atoms with Crippen molar-refractivity contribution in [2.24, 2.45) is 5.41 Å². The molecule has 0 bridgehead atoms. The highest BCUT2D eigenvalue weighted by molar-refractivity contribution is 5.92. The number of carboxylic acid groups (broad SMARTS) is 2. The second-order valence-corrected chi connectivity index (χ2v) is 9.13. The number of anilines is 1. The van der Waals surface area contributed by atoms with Gasteiger partial charge in [0.15, 0.2) is 5.82 Å². The van der Waals surface area contributed by atoms with Gasteiger partial charge in [0.2, 0.25) is 0 Å². The lowest BCUT2D eigenvalue weighted by atomic mass is 9.71. The molecule has 220 valence electrons.